The van der Waals surface area contributed by atoms with Crippen molar-refractivity contribution in [3.05, 3.63) is 77.9 Å². The minimum atomic E-state index is -4.69. The SMILES string of the molecule is I.NC(=O)c1cncnc1.O=C(NCc1ccc(Nc2c(F)cccc2C(F)(F)F)cn1)[C@@H]1CCOC1.[HH].[HH].[HH]. The predicted molar refractivity (Wildman–Crippen MR) is 142 cm³/mol. The summed E-state index contributed by atoms with van der Waals surface area (Å²) in [5.74, 6) is -1.82. The first kappa shape index (κ1) is 29.8. The van der Waals surface area contributed by atoms with Gasteiger partial charge in [-0.05, 0) is 30.7 Å². The summed E-state index contributed by atoms with van der Waals surface area (Å²) in [6, 6.07) is 5.77. The Hall–Kier alpha value is -3.40. The number of para-hydroxylation sites is 1. The summed E-state index contributed by atoms with van der Waals surface area (Å²) in [4.78, 5) is 33.5. The fraction of sp³-hybridized carbons (Fsp3) is 0.261. The maximum atomic E-state index is 13.9. The molecule has 9 nitrogen and oxygen atoms in total. The molecule has 2 amide bonds. The maximum absolute atomic E-state index is 13.9. The first-order valence-corrected chi connectivity index (χ1v) is 10.6. The average molecular weight is 640 g/mol. The third-order valence-electron chi connectivity index (χ3n) is 5.00. The number of alkyl halides is 3. The van der Waals surface area contributed by atoms with Crippen molar-refractivity contribution >= 4 is 47.2 Å². The standard InChI is InChI=1S/C18H17F4N3O2.C5H5N3O.HI.3H2/c19-15-3-1-2-14(18(20,21)22)16(15)25-13-5-4-12(23-9-13)8-24-17(26)11-6-7-27-10-11;6-5(9)4-1-7-3-8-2-4;;;;/h1-5,9,11,25H,6-8,10H2,(H,24,26);1-3H,(H2,6,9);4*1H/t11-;;;;;/m1...../s1. The van der Waals surface area contributed by atoms with Crippen molar-refractivity contribution in [1.29, 1.82) is 0 Å². The number of aromatic nitrogens is 3. The molecule has 1 aliphatic rings. The summed E-state index contributed by atoms with van der Waals surface area (Å²) >= 11 is 0. The van der Waals surface area contributed by atoms with Crippen LogP contribution in [0.4, 0.5) is 28.9 Å². The topological polar surface area (TPSA) is 132 Å². The van der Waals surface area contributed by atoms with Gasteiger partial charge in [-0.15, -0.1) is 24.0 Å². The van der Waals surface area contributed by atoms with Gasteiger partial charge in [-0.1, -0.05) is 6.07 Å². The van der Waals surface area contributed by atoms with E-state index in [2.05, 4.69) is 25.6 Å². The fourth-order valence-electron chi connectivity index (χ4n) is 3.12. The first-order valence-electron chi connectivity index (χ1n) is 10.6. The molecule has 1 aromatic carbocycles. The molecule has 1 saturated heterocycles. The molecule has 2 aromatic heterocycles. The van der Waals surface area contributed by atoms with E-state index >= 15 is 0 Å². The van der Waals surface area contributed by atoms with Gasteiger partial charge < -0.3 is 21.1 Å². The van der Waals surface area contributed by atoms with Gasteiger partial charge >= 0.3 is 6.18 Å². The zero-order chi connectivity index (χ0) is 26.1. The van der Waals surface area contributed by atoms with Crippen LogP contribution in [0.1, 0.15) is 32.3 Å². The van der Waals surface area contributed by atoms with Crippen LogP contribution in [0, 0.1) is 11.7 Å². The number of carbonyl (C=O) groups is 2. The van der Waals surface area contributed by atoms with Gasteiger partial charge in [0, 0.05) is 23.3 Å². The molecule has 3 heterocycles. The Kier molecular flexibility index (Phi) is 11.1. The molecule has 0 bridgehead atoms. The molecule has 0 unspecified atom stereocenters. The minimum absolute atomic E-state index is 0. The summed E-state index contributed by atoms with van der Waals surface area (Å²) in [5.41, 5.74) is 4.19. The van der Waals surface area contributed by atoms with Crippen molar-refractivity contribution in [1.82, 2.24) is 20.3 Å². The van der Waals surface area contributed by atoms with Crippen LogP contribution in [-0.4, -0.2) is 40.0 Å². The molecule has 1 fully saturated rings. The molecule has 3 aromatic rings. The van der Waals surface area contributed by atoms with Gasteiger partial charge in [0.2, 0.25) is 5.91 Å². The summed E-state index contributed by atoms with van der Waals surface area (Å²) in [7, 11) is 0. The normalized spacial score (nSPS) is 14.5. The Labute approximate surface area is 230 Å². The lowest BCUT2D eigenvalue weighted by Gasteiger charge is -2.15. The molecular weight excluding hydrogens is 611 g/mol. The van der Waals surface area contributed by atoms with E-state index in [1.54, 1.807) is 6.07 Å². The van der Waals surface area contributed by atoms with E-state index in [9.17, 15) is 27.2 Å². The van der Waals surface area contributed by atoms with Crippen LogP contribution in [-0.2, 0) is 22.3 Å². The predicted octanol–water partition coefficient (Wildman–Crippen LogP) is 4.57. The third-order valence-corrected chi connectivity index (χ3v) is 5.00. The van der Waals surface area contributed by atoms with E-state index < -0.39 is 29.2 Å². The maximum Gasteiger partial charge on any atom is 0.418 e. The number of nitrogens with zero attached hydrogens (tertiary/aromatic N) is 3. The largest absolute Gasteiger partial charge is 0.418 e. The van der Waals surface area contributed by atoms with Crippen molar-refractivity contribution in [2.24, 2.45) is 11.7 Å². The van der Waals surface area contributed by atoms with Gasteiger partial charge in [0.05, 0.1) is 53.5 Å². The highest BCUT2D eigenvalue weighted by molar-refractivity contribution is 14.0. The number of benzene rings is 1. The van der Waals surface area contributed by atoms with Gasteiger partial charge in [0.1, 0.15) is 12.1 Å². The van der Waals surface area contributed by atoms with Crippen molar-refractivity contribution in [2.45, 2.75) is 19.1 Å². The highest BCUT2D eigenvalue weighted by atomic mass is 127. The Morgan fingerprint density at radius 1 is 1.14 bits per heavy atom. The first-order chi connectivity index (χ1) is 17.1. The van der Waals surface area contributed by atoms with Crippen LogP contribution in [0.15, 0.2) is 55.2 Å². The molecule has 0 saturated carbocycles. The second-order valence-corrected chi connectivity index (χ2v) is 7.59. The van der Waals surface area contributed by atoms with Gasteiger partial charge in [0.15, 0.2) is 0 Å². The highest BCUT2D eigenvalue weighted by Crippen LogP contribution is 2.37. The van der Waals surface area contributed by atoms with E-state index in [0.717, 1.165) is 18.2 Å². The quantitative estimate of drug-likeness (QED) is 0.266. The number of hydrogen-bond acceptors (Lipinski definition) is 7. The lowest BCUT2D eigenvalue weighted by molar-refractivity contribution is -0.137. The summed E-state index contributed by atoms with van der Waals surface area (Å²) < 4.78 is 58.1. The van der Waals surface area contributed by atoms with Crippen LogP contribution >= 0.6 is 24.0 Å². The number of ether oxygens (including phenoxy) is 1. The van der Waals surface area contributed by atoms with Crippen LogP contribution in [0.2, 0.25) is 0 Å². The number of hydrogen-bond donors (Lipinski definition) is 3. The van der Waals surface area contributed by atoms with E-state index in [0.29, 0.717) is 30.9 Å². The van der Waals surface area contributed by atoms with Crippen molar-refractivity contribution in [3.8, 4) is 0 Å². The second kappa shape index (κ2) is 13.8. The molecular formula is C23H29F4IN6O3. The van der Waals surface area contributed by atoms with Gasteiger partial charge in [-0.2, -0.15) is 13.2 Å². The molecule has 37 heavy (non-hydrogen) atoms. The summed E-state index contributed by atoms with van der Waals surface area (Å²) in [6.45, 7) is 1.14. The number of carbonyl (C=O) groups excluding carboxylic acids is 2. The van der Waals surface area contributed by atoms with Crippen LogP contribution in [0.3, 0.4) is 0 Å². The number of halogens is 5. The van der Waals surface area contributed by atoms with Gasteiger partial charge in [0.25, 0.3) is 5.91 Å². The van der Waals surface area contributed by atoms with Crippen LogP contribution < -0.4 is 16.4 Å². The molecule has 0 radical (unpaired) electrons. The van der Waals surface area contributed by atoms with Crippen molar-refractivity contribution in [3.63, 3.8) is 0 Å². The molecule has 14 heteroatoms. The molecule has 1 aliphatic heterocycles. The van der Waals surface area contributed by atoms with E-state index in [4.69, 9.17) is 10.5 Å². The monoisotopic (exact) mass is 640 g/mol. The van der Waals surface area contributed by atoms with Crippen molar-refractivity contribution < 1.29 is 36.2 Å². The van der Waals surface area contributed by atoms with Crippen molar-refractivity contribution in [2.75, 3.05) is 18.5 Å². The Morgan fingerprint density at radius 2 is 1.86 bits per heavy atom. The minimum Gasteiger partial charge on any atom is -0.381 e. The number of pyridine rings is 1. The summed E-state index contributed by atoms with van der Waals surface area (Å²) in [6.07, 6.45) is 1.35. The molecule has 204 valence electrons. The van der Waals surface area contributed by atoms with E-state index in [1.807, 2.05) is 0 Å². The molecule has 4 N–H and O–H groups in total. The second-order valence-electron chi connectivity index (χ2n) is 7.59. The number of nitrogens with one attached hydrogen (secondary N) is 2. The smallest absolute Gasteiger partial charge is 0.381 e. The Morgan fingerprint density at radius 3 is 2.41 bits per heavy atom. The zero-order valence-corrected chi connectivity index (χ0v) is 21.5. The number of rotatable bonds is 6. The fourth-order valence-corrected chi connectivity index (χ4v) is 3.12. The summed E-state index contributed by atoms with van der Waals surface area (Å²) in [5, 5.41) is 5.16. The highest BCUT2D eigenvalue weighted by Gasteiger charge is 2.34. The number of anilines is 2. The van der Waals surface area contributed by atoms with E-state index in [1.165, 1.54) is 31.0 Å². The zero-order valence-electron chi connectivity index (χ0n) is 19.2. The molecule has 4 rings (SSSR count). The number of primary amides is 1. The van der Waals surface area contributed by atoms with Gasteiger partial charge in [-0.25, -0.2) is 14.4 Å². The number of amides is 2. The Balaban J connectivity index is 0. The molecule has 0 aliphatic carbocycles. The lowest BCUT2D eigenvalue weighted by Crippen LogP contribution is -2.30. The van der Waals surface area contributed by atoms with Crippen LogP contribution in [0.5, 0.6) is 0 Å². The number of nitrogens with two attached hydrogens (primary N) is 1. The van der Waals surface area contributed by atoms with E-state index in [-0.39, 0.29) is 52.3 Å². The Bertz CT molecular complexity index is 1190. The average Bonchev–Trinajstić information content (AvgIpc) is 3.40. The van der Waals surface area contributed by atoms with Gasteiger partial charge in [-0.3, -0.25) is 14.6 Å². The molecule has 1 atom stereocenters. The molecule has 0 spiro atoms. The van der Waals surface area contributed by atoms with Crippen LogP contribution in [0.25, 0.3) is 0 Å². The lowest BCUT2D eigenvalue weighted by atomic mass is 10.1. The third kappa shape index (κ3) is 8.89.